The van der Waals surface area contributed by atoms with Crippen molar-refractivity contribution in [3.05, 3.63) is 35.4 Å². The van der Waals surface area contributed by atoms with Crippen LogP contribution in [0.5, 0.6) is 5.75 Å². The summed E-state index contributed by atoms with van der Waals surface area (Å²) >= 11 is 0. The van der Waals surface area contributed by atoms with Gasteiger partial charge in [0.25, 0.3) is 0 Å². The Kier molecular flexibility index (Phi) is 5.11. The number of Topliss-reactive ketones (excluding diaryl/α,β-unsaturated/α-hetero) is 1. The first-order valence-electron chi connectivity index (χ1n) is 5.81. The molecule has 0 aromatic heterocycles. The predicted molar refractivity (Wildman–Crippen MR) is 70.4 cm³/mol. The van der Waals surface area contributed by atoms with E-state index in [1.54, 1.807) is 31.2 Å². The third-order valence-electron chi connectivity index (χ3n) is 2.42. The Hall–Kier alpha value is -2.10. The number of carbonyl (C=O) groups is 2. The summed E-state index contributed by atoms with van der Waals surface area (Å²) in [5.74, 6) is -0.183. The first kappa shape index (κ1) is 14.0. The normalized spacial score (nSPS) is 10.6. The van der Waals surface area contributed by atoms with E-state index in [2.05, 4.69) is 5.32 Å². The first-order chi connectivity index (χ1) is 8.54. The molecule has 18 heavy (non-hydrogen) atoms. The molecule has 0 aliphatic carbocycles. The minimum Gasteiger partial charge on any atom is -0.507 e. The zero-order valence-electron chi connectivity index (χ0n) is 10.6. The summed E-state index contributed by atoms with van der Waals surface area (Å²) in [5, 5.41) is 12.2. The van der Waals surface area contributed by atoms with E-state index >= 15 is 0 Å². The molecule has 0 unspecified atom stereocenters. The van der Waals surface area contributed by atoms with Gasteiger partial charge in [0.05, 0.1) is 5.56 Å². The second-order valence-corrected chi connectivity index (χ2v) is 3.89. The van der Waals surface area contributed by atoms with Crippen LogP contribution < -0.4 is 5.32 Å². The van der Waals surface area contributed by atoms with Gasteiger partial charge in [0, 0.05) is 19.9 Å². The van der Waals surface area contributed by atoms with Gasteiger partial charge in [-0.25, -0.2) is 0 Å². The second-order valence-electron chi connectivity index (χ2n) is 3.89. The third kappa shape index (κ3) is 4.05. The molecule has 0 bridgehead atoms. The highest BCUT2D eigenvalue weighted by molar-refractivity contribution is 5.98. The maximum absolute atomic E-state index is 11.6. The molecule has 0 atom stereocenters. The largest absolute Gasteiger partial charge is 0.507 e. The molecule has 96 valence electrons. The molecule has 0 aliphatic heterocycles. The number of hydrogen-bond acceptors (Lipinski definition) is 3. The highest BCUT2D eigenvalue weighted by atomic mass is 16.3. The van der Waals surface area contributed by atoms with Crippen molar-refractivity contribution in [2.45, 2.75) is 20.3 Å². The van der Waals surface area contributed by atoms with Crippen molar-refractivity contribution in [3.8, 4) is 5.75 Å². The Morgan fingerprint density at radius 3 is 2.72 bits per heavy atom. The number of rotatable bonds is 5. The Balaban J connectivity index is 2.79. The summed E-state index contributed by atoms with van der Waals surface area (Å²) in [7, 11) is 0. The van der Waals surface area contributed by atoms with Crippen LogP contribution in [0.1, 0.15) is 36.2 Å². The van der Waals surface area contributed by atoms with Gasteiger partial charge in [0.15, 0.2) is 5.78 Å². The highest BCUT2D eigenvalue weighted by Gasteiger charge is 2.08. The van der Waals surface area contributed by atoms with E-state index in [1.165, 1.54) is 13.0 Å². The molecule has 0 aliphatic rings. The topological polar surface area (TPSA) is 66.4 Å². The molecular formula is C14H17NO3. The Morgan fingerprint density at radius 2 is 2.11 bits per heavy atom. The van der Waals surface area contributed by atoms with Crippen molar-refractivity contribution >= 4 is 17.8 Å². The van der Waals surface area contributed by atoms with Crippen LogP contribution in [0.25, 0.3) is 6.08 Å². The maximum atomic E-state index is 11.6. The lowest BCUT2D eigenvalue weighted by molar-refractivity contribution is -0.118. The van der Waals surface area contributed by atoms with Crippen molar-refractivity contribution in [3.63, 3.8) is 0 Å². The molecule has 0 spiro atoms. The van der Waals surface area contributed by atoms with E-state index < -0.39 is 0 Å². The van der Waals surface area contributed by atoms with Gasteiger partial charge in [-0.15, -0.1) is 0 Å². The van der Waals surface area contributed by atoms with E-state index in [9.17, 15) is 14.7 Å². The fourth-order valence-electron chi connectivity index (χ4n) is 1.47. The van der Waals surface area contributed by atoms with Gasteiger partial charge in [-0.1, -0.05) is 25.1 Å². The SMILES string of the molecule is CCC(=O)c1cc(C=CCNC(C)=O)ccc1O. The van der Waals surface area contributed by atoms with Gasteiger partial charge < -0.3 is 10.4 Å². The van der Waals surface area contributed by atoms with Crippen molar-refractivity contribution in [1.29, 1.82) is 0 Å². The van der Waals surface area contributed by atoms with Crippen LogP contribution in [0, 0.1) is 0 Å². The van der Waals surface area contributed by atoms with Gasteiger partial charge in [0.1, 0.15) is 5.75 Å². The van der Waals surface area contributed by atoms with Crippen LogP contribution in [0.15, 0.2) is 24.3 Å². The molecule has 1 rings (SSSR count). The number of amides is 1. The van der Waals surface area contributed by atoms with Gasteiger partial charge in [-0.05, 0) is 17.7 Å². The molecular weight excluding hydrogens is 230 g/mol. The van der Waals surface area contributed by atoms with Crippen molar-refractivity contribution in [1.82, 2.24) is 5.32 Å². The Morgan fingerprint density at radius 1 is 1.39 bits per heavy atom. The van der Waals surface area contributed by atoms with E-state index in [4.69, 9.17) is 0 Å². The molecule has 0 saturated heterocycles. The molecule has 4 heteroatoms. The average molecular weight is 247 g/mol. The number of phenolic OH excluding ortho intramolecular Hbond substituents is 1. The fraction of sp³-hybridized carbons (Fsp3) is 0.286. The molecule has 0 heterocycles. The van der Waals surface area contributed by atoms with Gasteiger partial charge in [-0.2, -0.15) is 0 Å². The van der Waals surface area contributed by atoms with Crippen LogP contribution in [0.3, 0.4) is 0 Å². The molecule has 1 amide bonds. The summed E-state index contributed by atoms with van der Waals surface area (Å²) in [6, 6.07) is 4.86. The van der Waals surface area contributed by atoms with Crippen molar-refractivity contribution in [2.75, 3.05) is 6.54 Å². The molecule has 0 radical (unpaired) electrons. The zero-order chi connectivity index (χ0) is 13.5. The first-order valence-corrected chi connectivity index (χ1v) is 5.81. The van der Waals surface area contributed by atoms with Crippen molar-refractivity contribution in [2.24, 2.45) is 0 Å². The third-order valence-corrected chi connectivity index (χ3v) is 2.42. The number of benzene rings is 1. The van der Waals surface area contributed by atoms with E-state index in [0.717, 1.165) is 5.56 Å². The molecule has 0 saturated carbocycles. The molecule has 0 fully saturated rings. The number of ketones is 1. The standard InChI is InChI=1S/C14H17NO3/c1-3-13(17)12-9-11(6-7-14(12)18)5-4-8-15-10(2)16/h4-7,9,18H,3,8H2,1-2H3,(H,15,16). The summed E-state index contributed by atoms with van der Waals surface area (Å²) in [6.45, 7) is 3.64. The quantitative estimate of drug-likeness (QED) is 0.783. The lowest BCUT2D eigenvalue weighted by Gasteiger charge is -2.03. The van der Waals surface area contributed by atoms with E-state index in [1.807, 2.05) is 0 Å². The zero-order valence-corrected chi connectivity index (χ0v) is 10.6. The molecule has 1 aromatic carbocycles. The number of aromatic hydroxyl groups is 1. The van der Waals surface area contributed by atoms with Crippen LogP contribution >= 0.6 is 0 Å². The maximum Gasteiger partial charge on any atom is 0.217 e. The predicted octanol–water partition coefficient (Wildman–Crippen LogP) is 2.13. The Labute approximate surface area is 106 Å². The van der Waals surface area contributed by atoms with Crippen LogP contribution in [0.2, 0.25) is 0 Å². The van der Waals surface area contributed by atoms with Crippen LogP contribution in [-0.4, -0.2) is 23.3 Å². The number of carbonyl (C=O) groups excluding carboxylic acids is 2. The highest BCUT2D eigenvalue weighted by Crippen LogP contribution is 2.20. The average Bonchev–Trinajstić information content (AvgIpc) is 2.35. The fourth-order valence-corrected chi connectivity index (χ4v) is 1.47. The lowest BCUT2D eigenvalue weighted by Crippen LogP contribution is -2.19. The summed E-state index contributed by atoms with van der Waals surface area (Å²) < 4.78 is 0. The lowest BCUT2D eigenvalue weighted by atomic mass is 10.0. The van der Waals surface area contributed by atoms with E-state index in [-0.39, 0.29) is 17.4 Å². The van der Waals surface area contributed by atoms with E-state index in [0.29, 0.717) is 18.5 Å². The smallest absolute Gasteiger partial charge is 0.217 e. The van der Waals surface area contributed by atoms with Gasteiger partial charge >= 0.3 is 0 Å². The molecule has 4 nitrogen and oxygen atoms in total. The van der Waals surface area contributed by atoms with Crippen molar-refractivity contribution < 1.29 is 14.7 Å². The van der Waals surface area contributed by atoms with Crippen LogP contribution in [0.4, 0.5) is 0 Å². The molecule has 2 N–H and O–H groups in total. The number of phenols is 1. The molecule has 1 aromatic rings. The summed E-state index contributed by atoms with van der Waals surface area (Å²) in [5.41, 5.74) is 1.15. The summed E-state index contributed by atoms with van der Waals surface area (Å²) in [4.78, 5) is 22.2. The Bertz CT molecular complexity index is 478. The minimum atomic E-state index is -0.0930. The second kappa shape index (κ2) is 6.59. The van der Waals surface area contributed by atoms with Gasteiger partial charge in [-0.3, -0.25) is 9.59 Å². The van der Waals surface area contributed by atoms with Crippen LogP contribution in [-0.2, 0) is 4.79 Å². The number of nitrogens with one attached hydrogen (secondary N) is 1. The minimum absolute atomic E-state index is 0.000797. The van der Waals surface area contributed by atoms with Gasteiger partial charge in [0.2, 0.25) is 5.91 Å². The monoisotopic (exact) mass is 247 g/mol. The summed E-state index contributed by atoms with van der Waals surface area (Å²) in [6.07, 6.45) is 3.93. The number of hydrogen-bond donors (Lipinski definition) is 2.